The van der Waals surface area contributed by atoms with Crippen LogP contribution < -0.4 is 10.6 Å². The first-order valence-corrected chi connectivity index (χ1v) is 14.1. The number of methoxy groups -OCH3 is 1. The summed E-state index contributed by atoms with van der Waals surface area (Å²) in [6, 6.07) is 33.8. The summed E-state index contributed by atoms with van der Waals surface area (Å²) in [6.45, 7) is 4.17. The molecule has 0 aliphatic rings. The molecule has 0 spiro atoms. The van der Waals surface area contributed by atoms with Crippen LogP contribution in [-0.2, 0) is 27.4 Å². The number of alkyl carbamates (subject to hydrolysis) is 1. The molecular weight excluding hydrogens is 540 g/mol. The van der Waals surface area contributed by atoms with E-state index >= 15 is 0 Å². The molecule has 7 nitrogen and oxygen atoms in total. The first-order valence-electron chi connectivity index (χ1n) is 14.1. The van der Waals surface area contributed by atoms with Gasteiger partial charge >= 0.3 is 12.1 Å². The highest BCUT2D eigenvalue weighted by molar-refractivity contribution is 5.89. The lowest BCUT2D eigenvalue weighted by molar-refractivity contribution is -0.123. The van der Waals surface area contributed by atoms with E-state index in [0.717, 1.165) is 33.4 Å². The summed E-state index contributed by atoms with van der Waals surface area (Å²) in [5.74, 6) is -1.06. The Morgan fingerprint density at radius 2 is 1.37 bits per heavy atom. The standard InChI is InChI=1S/C36H36N2O5/c1-25(22-26(2)34(39)37-23-27-14-16-30(17-15-27)29-12-8-5-9-13-29)33(31-18-20-32(21-19-31)35(40)42-3)38-36(41)43-24-28-10-6-4-7-11-28/h4-22,26,33H,23-24H2,1-3H3,(H,37,39)(H,38,41). The lowest BCUT2D eigenvalue weighted by Gasteiger charge is -2.21. The van der Waals surface area contributed by atoms with Crippen molar-refractivity contribution in [3.05, 3.63) is 143 Å². The summed E-state index contributed by atoms with van der Waals surface area (Å²) in [7, 11) is 1.32. The Kier molecular flexibility index (Phi) is 10.9. The van der Waals surface area contributed by atoms with Crippen molar-refractivity contribution in [3.63, 3.8) is 0 Å². The number of esters is 1. The number of hydrogen-bond donors (Lipinski definition) is 2. The summed E-state index contributed by atoms with van der Waals surface area (Å²) in [5, 5.41) is 5.91. The second-order valence-electron chi connectivity index (χ2n) is 10.2. The van der Waals surface area contributed by atoms with Crippen molar-refractivity contribution in [3.8, 4) is 11.1 Å². The summed E-state index contributed by atoms with van der Waals surface area (Å²) in [4.78, 5) is 37.7. The van der Waals surface area contributed by atoms with Gasteiger partial charge in [-0.15, -0.1) is 0 Å². The highest BCUT2D eigenvalue weighted by Gasteiger charge is 2.20. The Labute approximate surface area is 252 Å². The van der Waals surface area contributed by atoms with Crippen LogP contribution in [0, 0.1) is 5.92 Å². The van der Waals surface area contributed by atoms with Crippen LogP contribution in [0.5, 0.6) is 0 Å². The number of rotatable bonds is 11. The third kappa shape index (κ3) is 8.91. The molecule has 43 heavy (non-hydrogen) atoms. The van der Waals surface area contributed by atoms with Crippen molar-refractivity contribution in [1.29, 1.82) is 0 Å². The number of nitrogens with one attached hydrogen (secondary N) is 2. The summed E-state index contributed by atoms with van der Waals surface area (Å²) >= 11 is 0. The number of ether oxygens (including phenoxy) is 2. The molecule has 4 aromatic carbocycles. The van der Waals surface area contributed by atoms with Gasteiger partial charge < -0.3 is 20.1 Å². The Balaban J connectivity index is 1.42. The fourth-order valence-corrected chi connectivity index (χ4v) is 4.63. The molecular formula is C36H36N2O5. The minimum atomic E-state index is -0.602. The number of carbonyl (C=O) groups is 3. The van der Waals surface area contributed by atoms with Crippen LogP contribution in [0.1, 0.15) is 46.9 Å². The van der Waals surface area contributed by atoms with E-state index < -0.39 is 24.0 Å². The molecule has 7 heteroatoms. The van der Waals surface area contributed by atoms with E-state index in [9.17, 15) is 14.4 Å². The maximum Gasteiger partial charge on any atom is 0.408 e. The van der Waals surface area contributed by atoms with Gasteiger partial charge in [-0.3, -0.25) is 4.79 Å². The molecule has 2 atom stereocenters. The fraction of sp³-hybridized carbons (Fsp3) is 0.194. The van der Waals surface area contributed by atoms with E-state index in [1.54, 1.807) is 24.3 Å². The predicted molar refractivity (Wildman–Crippen MR) is 167 cm³/mol. The number of hydrogen-bond acceptors (Lipinski definition) is 5. The van der Waals surface area contributed by atoms with Crippen LogP contribution >= 0.6 is 0 Å². The van der Waals surface area contributed by atoms with Gasteiger partial charge in [-0.2, -0.15) is 0 Å². The molecule has 0 aliphatic carbocycles. The number of amides is 2. The average Bonchev–Trinajstić information content (AvgIpc) is 3.05. The normalized spacial score (nSPS) is 12.5. The van der Waals surface area contributed by atoms with Crippen molar-refractivity contribution in [2.24, 2.45) is 5.92 Å². The molecule has 220 valence electrons. The first-order chi connectivity index (χ1) is 20.8. The molecule has 4 aromatic rings. The van der Waals surface area contributed by atoms with Gasteiger partial charge in [0.15, 0.2) is 0 Å². The maximum atomic E-state index is 13.0. The lowest BCUT2D eigenvalue weighted by atomic mass is 9.95. The molecule has 4 rings (SSSR count). The highest BCUT2D eigenvalue weighted by atomic mass is 16.5. The molecule has 0 aromatic heterocycles. The van der Waals surface area contributed by atoms with E-state index in [-0.39, 0.29) is 12.5 Å². The van der Waals surface area contributed by atoms with Gasteiger partial charge in [0.1, 0.15) is 6.61 Å². The van der Waals surface area contributed by atoms with Crippen LogP contribution in [0.15, 0.2) is 121 Å². The van der Waals surface area contributed by atoms with E-state index in [4.69, 9.17) is 9.47 Å². The van der Waals surface area contributed by atoms with Crippen molar-refractivity contribution in [1.82, 2.24) is 10.6 Å². The molecule has 2 amide bonds. The van der Waals surface area contributed by atoms with Crippen molar-refractivity contribution in [2.75, 3.05) is 7.11 Å². The average molecular weight is 577 g/mol. The Morgan fingerprint density at radius 3 is 2.00 bits per heavy atom. The van der Waals surface area contributed by atoms with Gasteiger partial charge in [-0.05, 0) is 52.4 Å². The molecule has 0 fully saturated rings. The Hall–Kier alpha value is -5.17. The fourth-order valence-electron chi connectivity index (χ4n) is 4.63. The SMILES string of the molecule is COC(=O)c1ccc(C(NC(=O)OCc2ccccc2)C(C)=CC(C)C(=O)NCc2ccc(-c3ccccc3)cc2)cc1. The van der Waals surface area contributed by atoms with Crippen LogP contribution in [0.3, 0.4) is 0 Å². The molecule has 2 unspecified atom stereocenters. The van der Waals surface area contributed by atoms with Gasteiger partial charge in [0, 0.05) is 6.54 Å². The Bertz CT molecular complexity index is 1530. The van der Waals surface area contributed by atoms with Crippen LogP contribution in [-0.4, -0.2) is 25.1 Å². The van der Waals surface area contributed by atoms with Gasteiger partial charge in [-0.1, -0.05) is 110 Å². The third-order valence-corrected chi connectivity index (χ3v) is 7.05. The van der Waals surface area contributed by atoms with E-state index in [1.807, 2.05) is 92.7 Å². The zero-order valence-electron chi connectivity index (χ0n) is 24.6. The van der Waals surface area contributed by atoms with Crippen LogP contribution in [0.2, 0.25) is 0 Å². The summed E-state index contributed by atoms with van der Waals surface area (Å²) < 4.78 is 10.3. The number of carbonyl (C=O) groups excluding carboxylic acids is 3. The minimum absolute atomic E-state index is 0.120. The third-order valence-electron chi connectivity index (χ3n) is 7.05. The van der Waals surface area contributed by atoms with Gasteiger partial charge in [0.2, 0.25) is 5.91 Å². The van der Waals surface area contributed by atoms with Gasteiger partial charge in [0.25, 0.3) is 0 Å². The topological polar surface area (TPSA) is 93.7 Å². The second-order valence-corrected chi connectivity index (χ2v) is 10.2. The van der Waals surface area contributed by atoms with Crippen LogP contribution in [0.4, 0.5) is 4.79 Å². The predicted octanol–water partition coefficient (Wildman–Crippen LogP) is 7.01. The lowest BCUT2D eigenvalue weighted by Crippen LogP contribution is -2.31. The Morgan fingerprint density at radius 1 is 0.767 bits per heavy atom. The van der Waals surface area contributed by atoms with Crippen LogP contribution in [0.25, 0.3) is 11.1 Å². The van der Waals surface area contributed by atoms with Crippen molar-refractivity contribution in [2.45, 2.75) is 33.0 Å². The quantitative estimate of drug-likeness (QED) is 0.148. The number of benzene rings is 4. The van der Waals surface area contributed by atoms with Gasteiger partial charge in [0.05, 0.1) is 24.6 Å². The van der Waals surface area contributed by atoms with Crippen molar-refractivity contribution < 1.29 is 23.9 Å². The minimum Gasteiger partial charge on any atom is -0.465 e. The molecule has 0 radical (unpaired) electrons. The smallest absolute Gasteiger partial charge is 0.408 e. The van der Waals surface area contributed by atoms with E-state index in [0.29, 0.717) is 12.1 Å². The highest BCUT2D eigenvalue weighted by Crippen LogP contribution is 2.24. The van der Waals surface area contributed by atoms with E-state index in [2.05, 4.69) is 22.8 Å². The first kappa shape index (κ1) is 30.8. The second kappa shape index (κ2) is 15.2. The zero-order valence-corrected chi connectivity index (χ0v) is 24.6. The summed E-state index contributed by atoms with van der Waals surface area (Å²) in [6.07, 6.45) is 1.22. The van der Waals surface area contributed by atoms with E-state index in [1.165, 1.54) is 7.11 Å². The maximum absolute atomic E-state index is 13.0. The monoisotopic (exact) mass is 576 g/mol. The summed E-state index contributed by atoms with van der Waals surface area (Å²) in [5.41, 5.74) is 5.98. The molecule has 0 saturated heterocycles. The zero-order chi connectivity index (χ0) is 30.6. The molecule has 2 N–H and O–H groups in total. The molecule has 0 saturated carbocycles. The molecule has 0 aliphatic heterocycles. The van der Waals surface area contributed by atoms with Gasteiger partial charge in [-0.25, -0.2) is 9.59 Å². The van der Waals surface area contributed by atoms with Crippen molar-refractivity contribution >= 4 is 18.0 Å². The molecule has 0 bridgehead atoms. The largest absolute Gasteiger partial charge is 0.465 e. The molecule has 0 heterocycles.